The van der Waals surface area contributed by atoms with Crippen molar-refractivity contribution >= 4 is 28.4 Å². The molecule has 0 bridgehead atoms. The number of fused-ring (bicyclic) bond motifs is 1. The molecule has 0 unspecified atom stereocenters. The number of ether oxygens (including phenoxy) is 1. The van der Waals surface area contributed by atoms with E-state index in [1.54, 1.807) is 17.3 Å². The van der Waals surface area contributed by atoms with Gasteiger partial charge in [-0.1, -0.05) is 18.2 Å². The summed E-state index contributed by atoms with van der Waals surface area (Å²) in [4.78, 5) is 20.3. The van der Waals surface area contributed by atoms with E-state index in [0.717, 1.165) is 78.9 Å². The number of rotatable bonds is 11. The molecular formula is C35H36F6N6O. The molecule has 254 valence electrons. The van der Waals surface area contributed by atoms with Crippen LogP contribution in [-0.4, -0.2) is 54.3 Å². The van der Waals surface area contributed by atoms with Gasteiger partial charge in [-0.2, -0.15) is 26.3 Å². The third-order valence-corrected chi connectivity index (χ3v) is 9.10. The zero-order valence-electron chi connectivity index (χ0n) is 26.3. The number of halogens is 6. The van der Waals surface area contributed by atoms with Crippen LogP contribution in [0.25, 0.3) is 10.9 Å². The second kappa shape index (κ2) is 13.1. The standard InChI is InChI=1S/C35H36F6N6O/c36-34(37,38)28-13-25(14-29(16-28)35(39,40)41)21-47(33-42-17-30(18-43-33)45-9-11-48-12-10-45)22-27-15-26-3-1-2-4-31(26)44-32(27)46(19-23-5-6-23)20-24-7-8-24/h1-4,13-18,23-24H,5-12,19-22H2. The van der Waals surface area contributed by atoms with Crippen LogP contribution in [0.4, 0.5) is 43.8 Å². The Labute approximate surface area is 274 Å². The largest absolute Gasteiger partial charge is 0.416 e. The zero-order valence-corrected chi connectivity index (χ0v) is 26.3. The minimum Gasteiger partial charge on any atom is -0.378 e. The molecule has 0 amide bonds. The maximum Gasteiger partial charge on any atom is 0.416 e. The number of para-hydroxylation sites is 1. The number of pyridine rings is 1. The summed E-state index contributed by atoms with van der Waals surface area (Å²) in [5.74, 6) is 2.11. The average Bonchev–Trinajstić information content (AvgIpc) is 4.01. The smallest absolute Gasteiger partial charge is 0.378 e. The summed E-state index contributed by atoms with van der Waals surface area (Å²) in [6.07, 6.45) is -2.04. The SMILES string of the molecule is FC(F)(F)c1cc(CN(Cc2cc3ccccc3nc2N(CC2CC2)CC2CC2)c2ncc(N3CCOCC3)cn2)cc(C(F)(F)F)c1. The van der Waals surface area contributed by atoms with Crippen molar-refractivity contribution in [1.29, 1.82) is 0 Å². The van der Waals surface area contributed by atoms with E-state index in [4.69, 9.17) is 9.72 Å². The monoisotopic (exact) mass is 670 g/mol. The minimum atomic E-state index is -4.96. The van der Waals surface area contributed by atoms with Crippen molar-refractivity contribution in [3.63, 3.8) is 0 Å². The predicted molar refractivity (Wildman–Crippen MR) is 171 cm³/mol. The molecule has 7 nitrogen and oxygen atoms in total. The second-order valence-electron chi connectivity index (χ2n) is 13.1. The molecule has 2 aliphatic carbocycles. The van der Waals surface area contributed by atoms with Crippen LogP contribution in [0.3, 0.4) is 0 Å². The molecule has 0 N–H and O–H groups in total. The van der Waals surface area contributed by atoms with Gasteiger partial charge in [-0.15, -0.1) is 0 Å². The van der Waals surface area contributed by atoms with E-state index in [1.165, 1.54) is 0 Å². The lowest BCUT2D eigenvalue weighted by Crippen LogP contribution is -2.36. The molecule has 4 aromatic rings. The highest BCUT2D eigenvalue weighted by atomic mass is 19.4. The molecule has 7 rings (SSSR count). The first kappa shape index (κ1) is 32.4. The van der Waals surface area contributed by atoms with Crippen molar-refractivity contribution in [2.24, 2.45) is 11.8 Å². The maximum atomic E-state index is 13.8. The summed E-state index contributed by atoms with van der Waals surface area (Å²) in [6.45, 7) is 3.95. The number of hydrogen-bond acceptors (Lipinski definition) is 7. The van der Waals surface area contributed by atoms with Crippen molar-refractivity contribution < 1.29 is 31.1 Å². The molecule has 1 saturated heterocycles. The van der Waals surface area contributed by atoms with Crippen molar-refractivity contribution in [3.8, 4) is 0 Å². The first-order valence-electron chi connectivity index (χ1n) is 16.3. The Kier molecular flexibility index (Phi) is 8.82. The Morgan fingerprint density at radius 1 is 0.750 bits per heavy atom. The Balaban J connectivity index is 1.30. The van der Waals surface area contributed by atoms with Gasteiger partial charge in [-0.3, -0.25) is 0 Å². The molecule has 3 fully saturated rings. The van der Waals surface area contributed by atoms with E-state index >= 15 is 0 Å². The highest BCUT2D eigenvalue weighted by Gasteiger charge is 2.37. The van der Waals surface area contributed by atoms with Gasteiger partial charge >= 0.3 is 12.4 Å². The van der Waals surface area contributed by atoms with Gasteiger partial charge in [0.15, 0.2) is 0 Å². The summed E-state index contributed by atoms with van der Waals surface area (Å²) in [6, 6.07) is 11.4. The summed E-state index contributed by atoms with van der Waals surface area (Å²) in [7, 11) is 0. The molecule has 0 atom stereocenters. The van der Waals surface area contributed by atoms with Gasteiger partial charge in [0.2, 0.25) is 5.95 Å². The van der Waals surface area contributed by atoms with Crippen molar-refractivity contribution in [1.82, 2.24) is 15.0 Å². The fourth-order valence-electron chi connectivity index (χ4n) is 6.21. The number of aromatic nitrogens is 3. The van der Waals surface area contributed by atoms with Gasteiger partial charge in [0.05, 0.1) is 47.9 Å². The van der Waals surface area contributed by atoms with E-state index < -0.39 is 23.5 Å². The molecule has 3 aliphatic rings. The van der Waals surface area contributed by atoms with E-state index in [9.17, 15) is 26.3 Å². The fourth-order valence-corrected chi connectivity index (χ4v) is 6.21. The van der Waals surface area contributed by atoms with Crippen LogP contribution in [-0.2, 0) is 30.2 Å². The average molecular weight is 671 g/mol. The molecule has 13 heteroatoms. The van der Waals surface area contributed by atoms with E-state index in [0.29, 0.717) is 38.1 Å². The van der Waals surface area contributed by atoms with Gasteiger partial charge in [0, 0.05) is 50.2 Å². The normalized spacial score (nSPS) is 17.2. The quantitative estimate of drug-likeness (QED) is 0.152. The number of nitrogens with zero attached hydrogens (tertiary/aromatic N) is 6. The second-order valence-corrected chi connectivity index (χ2v) is 13.1. The fraction of sp³-hybridized carbons (Fsp3) is 0.457. The van der Waals surface area contributed by atoms with E-state index in [-0.39, 0.29) is 30.7 Å². The van der Waals surface area contributed by atoms with Crippen LogP contribution >= 0.6 is 0 Å². The zero-order chi connectivity index (χ0) is 33.5. The van der Waals surface area contributed by atoms with Crippen molar-refractivity contribution in [2.75, 3.05) is 54.1 Å². The van der Waals surface area contributed by atoms with Gasteiger partial charge in [-0.05, 0) is 73.4 Å². The summed E-state index contributed by atoms with van der Waals surface area (Å²) < 4.78 is 88.5. The van der Waals surface area contributed by atoms with Crippen LogP contribution in [0.15, 0.2) is 60.9 Å². The first-order chi connectivity index (χ1) is 23.0. The Bertz CT molecular complexity index is 1690. The van der Waals surface area contributed by atoms with Crippen LogP contribution in [0.5, 0.6) is 0 Å². The van der Waals surface area contributed by atoms with Crippen molar-refractivity contribution in [3.05, 3.63) is 83.2 Å². The molecule has 2 saturated carbocycles. The van der Waals surface area contributed by atoms with E-state index in [2.05, 4.69) is 19.8 Å². The summed E-state index contributed by atoms with van der Waals surface area (Å²) in [5, 5.41) is 0.885. The third-order valence-electron chi connectivity index (χ3n) is 9.10. The van der Waals surface area contributed by atoms with Crippen LogP contribution in [0, 0.1) is 11.8 Å². The lowest BCUT2D eigenvalue weighted by Gasteiger charge is -2.30. The highest BCUT2D eigenvalue weighted by Crippen LogP contribution is 2.39. The number of anilines is 3. The van der Waals surface area contributed by atoms with Crippen LogP contribution in [0.2, 0.25) is 0 Å². The summed E-state index contributed by atoms with van der Waals surface area (Å²) in [5.41, 5.74) is -0.486. The molecule has 1 aliphatic heterocycles. The first-order valence-corrected chi connectivity index (χ1v) is 16.3. The number of benzene rings is 2. The van der Waals surface area contributed by atoms with Crippen LogP contribution < -0.4 is 14.7 Å². The van der Waals surface area contributed by atoms with Gasteiger partial charge in [0.25, 0.3) is 0 Å². The molecule has 2 aromatic heterocycles. The van der Waals surface area contributed by atoms with E-state index in [1.807, 2.05) is 30.3 Å². The molecule has 48 heavy (non-hydrogen) atoms. The van der Waals surface area contributed by atoms with Crippen LogP contribution in [0.1, 0.15) is 47.9 Å². The third kappa shape index (κ3) is 7.77. The topological polar surface area (TPSA) is 57.6 Å². The number of morpholine rings is 1. The Morgan fingerprint density at radius 2 is 1.35 bits per heavy atom. The lowest BCUT2D eigenvalue weighted by atomic mass is 10.0. The Morgan fingerprint density at radius 3 is 1.94 bits per heavy atom. The molecule has 0 radical (unpaired) electrons. The molecular weight excluding hydrogens is 634 g/mol. The highest BCUT2D eigenvalue weighted by molar-refractivity contribution is 5.82. The van der Waals surface area contributed by atoms with Crippen molar-refractivity contribution in [2.45, 2.75) is 51.1 Å². The van der Waals surface area contributed by atoms with Gasteiger partial charge in [-0.25, -0.2) is 15.0 Å². The lowest BCUT2D eigenvalue weighted by molar-refractivity contribution is -0.143. The Hall–Kier alpha value is -4.13. The number of hydrogen-bond donors (Lipinski definition) is 0. The molecule has 2 aromatic carbocycles. The minimum absolute atomic E-state index is 0.119. The predicted octanol–water partition coefficient (Wildman–Crippen LogP) is 7.73. The molecule has 3 heterocycles. The summed E-state index contributed by atoms with van der Waals surface area (Å²) >= 11 is 0. The molecule has 0 spiro atoms. The van der Waals surface area contributed by atoms with Gasteiger partial charge in [0.1, 0.15) is 5.82 Å². The maximum absolute atomic E-state index is 13.8. The number of alkyl halides is 6. The van der Waals surface area contributed by atoms with Gasteiger partial charge < -0.3 is 19.4 Å².